The van der Waals surface area contributed by atoms with Crippen LogP contribution in [0.15, 0.2) is 66.7 Å². The molecule has 4 aromatic rings. The molecule has 4 rings (SSSR count). The first kappa shape index (κ1) is 28.7. The molecule has 0 saturated heterocycles. The van der Waals surface area contributed by atoms with Gasteiger partial charge in [0.1, 0.15) is 11.5 Å². The second kappa shape index (κ2) is 11.8. The number of alkyl halides is 3. The van der Waals surface area contributed by atoms with Crippen LogP contribution in [0.2, 0.25) is 0 Å². The number of nitrogens with zero attached hydrogens (tertiary/aromatic N) is 1. The third-order valence-electron chi connectivity index (χ3n) is 6.52. The van der Waals surface area contributed by atoms with Crippen LogP contribution in [0.1, 0.15) is 39.7 Å². The van der Waals surface area contributed by atoms with Crippen molar-refractivity contribution in [2.75, 3.05) is 13.7 Å². The summed E-state index contributed by atoms with van der Waals surface area (Å²) in [5.74, 6) is -1.24. The van der Waals surface area contributed by atoms with Gasteiger partial charge < -0.3 is 19.3 Å². The Bertz CT molecular complexity index is 1530. The summed E-state index contributed by atoms with van der Waals surface area (Å²) < 4.78 is 55.1. The molecule has 7 nitrogen and oxygen atoms in total. The summed E-state index contributed by atoms with van der Waals surface area (Å²) in [5, 5.41) is 9.89. The highest BCUT2D eigenvalue weighted by molar-refractivity contribution is 6.04. The molecule has 0 amide bonds. The topological polar surface area (TPSA) is 87.0 Å². The van der Waals surface area contributed by atoms with E-state index >= 15 is 0 Å². The van der Waals surface area contributed by atoms with Crippen molar-refractivity contribution in [1.29, 1.82) is 0 Å². The lowest BCUT2D eigenvalue weighted by molar-refractivity contribution is -0.274. The lowest BCUT2D eigenvalue weighted by Crippen LogP contribution is -2.26. The molecule has 3 aromatic carbocycles. The average molecular weight is 556 g/mol. The van der Waals surface area contributed by atoms with E-state index in [9.17, 15) is 27.9 Å². The molecule has 1 unspecified atom stereocenters. The maximum absolute atomic E-state index is 13.6. The number of ether oxygens (including phenoxy) is 3. The van der Waals surface area contributed by atoms with Crippen molar-refractivity contribution in [3.63, 3.8) is 0 Å². The van der Waals surface area contributed by atoms with Gasteiger partial charge in [0.15, 0.2) is 6.10 Å². The van der Waals surface area contributed by atoms with E-state index in [1.165, 1.54) is 29.9 Å². The van der Waals surface area contributed by atoms with E-state index in [1.807, 2.05) is 12.1 Å². The van der Waals surface area contributed by atoms with E-state index in [-0.39, 0.29) is 25.4 Å². The maximum Gasteiger partial charge on any atom is 0.573 e. The van der Waals surface area contributed by atoms with Crippen LogP contribution in [0.4, 0.5) is 13.2 Å². The Kier molecular flexibility index (Phi) is 8.49. The zero-order valence-corrected chi connectivity index (χ0v) is 22.1. The first-order valence-corrected chi connectivity index (χ1v) is 12.5. The fraction of sp³-hybridized carbons (Fsp3) is 0.267. The molecule has 40 heavy (non-hydrogen) atoms. The van der Waals surface area contributed by atoms with Crippen molar-refractivity contribution in [3.8, 4) is 11.5 Å². The van der Waals surface area contributed by atoms with Crippen molar-refractivity contribution in [1.82, 2.24) is 4.57 Å². The largest absolute Gasteiger partial charge is 0.573 e. The third kappa shape index (κ3) is 6.45. The van der Waals surface area contributed by atoms with Crippen molar-refractivity contribution in [2.45, 2.75) is 39.2 Å². The molecule has 0 aliphatic rings. The molecule has 0 aliphatic carbocycles. The zero-order valence-electron chi connectivity index (χ0n) is 22.1. The van der Waals surface area contributed by atoms with Crippen LogP contribution in [0, 0.1) is 6.92 Å². The number of hydrogen-bond donors (Lipinski definition) is 1. The standard InChI is InChI=1S/C30H28F3NO6/c1-4-39-27(29(36)37)16-20-7-5-6-19(14-20)15-24-18(2)34(28(35)21-8-10-22(38-3)11-9-21)26-13-12-23(17-25(24)26)40-30(31,32)33/h5-14,17,27H,4,15-16H2,1-3H3,(H,36,37). The summed E-state index contributed by atoms with van der Waals surface area (Å²) >= 11 is 0. The summed E-state index contributed by atoms with van der Waals surface area (Å²) in [5.41, 5.74) is 3.53. The molecular weight excluding hydrogens is 527 g/mol. The van der Waals surface area contributed by atoms with Gasteiger partial charge in [-0.1, -0.05) is 24.3 Å². The number of benzene rings is 3. The van der Waals surface area contributed by atoms with Gasteiger partial charge >= 0.3 is 12.3 Å². The average Bonchev–Trinajstić information content (AvgIpc) is 3.17. The number of carbonyl (C=O) groups excluding carboxylic acids is 1. The molecule has 0 fully saturated rings. The number of fused-ring (bicyclic) bond motifs is 1. The van der Waals surface area contributed by atoms with Crippen LogP contribution in [0.25, 0.3) is 10.9 Å². The molecule has 1 atom stereocenters. The Balaban J connectivity index is 1.78. The van der Waals surface area contributed by atoms with Gasteiger partial charge in [-0.25, -0.2) is 4.79 Å². The predicted octanol–water partition coefficient (Wildman–Crippen LogP) is 6.17. The lowest BCUT2D eigenvalue weighted by Gasteiger charge is -2.13. The second-order valence-electron chi connectivity index (χ2n) is 9.14. The van der Waals surface area contributed by atoms with Crippen molar-refractivity contribution < 1.29 is 42.1 Å². The number of aliphatic carboxylic acids is 1. The molecule has 0 aliphatic heterocycles. The summed E-state index contributed by atoms with van der Waals surface area (Å²) in [7, 11) is 1.51. The van der Waals surface area contributed by atoms with E-state index in [2.05, 4.69) is 4.74 Å². The van der Waals surface area contributed by atoms with Gasteiger partial charge in [-0.2, -0.15) is 0 Å². The minimum atomic E-state index is -4.88. The van der Waals surface area contributed by atoms with Crippen molar-refractivity contribution >= 4 is 22.8 Å². The molecule has 0 radical (unpaired) electrons. The molecule has 0 saturated carbocycles. The first-order chi connectivity index (χ1) is 19.0. The summed E-state index contributed by atoms with van der Waals surface area (Å²) in [6.45, 7) is 3.70. The number of rotatable bonds is 10. The fourth-order valence-electron chi connectivity index (χ4n) is 4.71. The number of carbonyl (C=O) groups is 2. The Labute approximate surface area is 228 Å². The van der Waals surface area contributed by atoms with Crippen molar-refractivity contribution in [3.05, 3.63) is 94.7 Å². The maximum atomic E-state index is 13.6. The van der Waals surface area contributed by atoms with Gasteiger partial charge in [0.05, 0.1) is 12.6 Å². The Morgan fingerprint density at radius 1 is 0.975 bits per heavy atom. The number of halogens is 3. The van der Waals surface area contributed by atoms with Crippen molar-refractivity contribution in [2.24, 2.45) is 0 Å². The van der Waals surface area contributed by atoms with E-state index in [0.29, 0.717) is 33.5 Å². The van der Waals surface area contributed by atoms with Crippen LogP contribution in [-0.4, -0.2) is 47.7 Å². The molecule has 1 aromatic heterocycles. The quantitative estimate of drug-likeness (QED) is 0.252. The highest BCUT2D eigenvalue weighted by Crippen LogP contribution is 2.34. The van der Waals surface area contributed by atoms with Gasteiger partial charge in [-0.3, -0.25) is 9.36 Å². The van der Waals surface area contributed by atoms with E-state index in [4.69, 9.17) is 9.47 Å². The molecule has 10 heteroatoms. The number of methoxy groups -OCH3 is 1. The molecule has 1 N–H and O–H groups in total. The Morgan fingerprint density at radius 3 is 2.27 bits per heavy atom. The Morgan fingerprint density at radius 2 is 1.65 bits per heavy atom. The second-order valence-corrected chi connectivity index (χ2v) is 9.14. The van der Waals surface area contributed by atoms with Gasteiger partial charge in [-0.15, -0.1) is 13.2 Å². The molecule has 0 spiro atoms. The van der Waals surface area contributed by atoms with E-state index < -0.39 is 24.2 Å². The van der Waals surface area contributed by atoms with Gasteiger partial charge in [0.2, 0.25) is 0 Å². The molecule has 1 heterocycles. The van der Waals surface area contributed by atoms with Crippen LogP contribution >= 0.6 is 0 Å². The molecule has 0 bridgehead atoms. The number of aromatic nitrogens is 1. The van der Waals surface area contributed by atoms with Crippen LogP contribution in [0.3, 0.4) is 0 Å². The smallest absolute Gasteiger partial charge is 0.497 e. The molecular formula is C30H28F3NO6. The zero-order chi connectivity index (χ0) is 29.0. The number of hydrogen-bond acceptors (Lipinski definition) is 5. The highest BCUT2D eigenvalue weighted by Gasteiger charge is 2.31. The van der Waals surface area contributed by atoms with Crippen LogP contribution in [-0.2, 0) is 22.4 Å². The van der Waals surface area contributed by atoms with Crippen LogP contribution < -0.4 is 9.47 Å². The first-order valence-electron chi connectivity index (χ1n) is 12.5. The highest BCUT2D eigenvalue weighted by atomic mass is 19.4. The predicted molar refractivity (Wildman–Crippen MR) is 142 cm³/mol. The van der Waals surface area contributed by atoms with E-state index in [1.54, 1.807) is 50.2 Å². The van der Waals surface area contributed by atoms with Gasteiger partial charge in [0.25, 0.3) is 5.91 Å². The molecule has 210 valence electrons. The lowest BCUT2D eigenvalue weighted by atomic mass is 9.98. The fourth-order valence-corrected chi connectivity index (χ4v) is 4.71. The normalized spacial score (nSPS) is 12.3. The Hall–Kier alpha value is -4.31. The summed E-state index contributed by atoms with van der Waals surface area (Å²) in [4.78, 5) is 25.2. The minimum absolute atomic E-state index is 0.150. The minimum Gasteiger partial charge on any atom is -0.497 e. The van der Waals surface area contributed by atoms with Crippen LogP contribution in [0.5, 0.6) is 11.5 Å². The third-order valence-corrected chi connectivity index (χ3v) is 6.52. The SMILES string of the molecule is CCOC(Cc1cccc(Cc2c(C)n(C(=O)c3ccc(OC)cc3)c3ccc(OC(F)(F)F)cc23)c1)C(=O)O. The van der Waals surface area contributed by atoms with E-state index in [0.717, 1.165) is 11.1 Å². The number of carboxylic acid groups (broad SMARTS) is 1. The monoisotopic (exact) mass is 555 g/mol. The summed E-state index contributed by atoms with van der Waals surface area (Å²) in [6, 6.07) is 17.7. The number of carboxylic acids is 1. The summed E-state index contributed by atoms with van der Waals surface area (Å²) in [6.07, 6.45) is -5.45. The van der Waals surface area contributed by atoms with Gasteiger partial charge in [0, 0.05) is 29.7 Å². The van der Waals surface area contributed by atoms with Gasteiger partial charge in [-0.05, 0) is 79.4 Å².